The Kier molecular flexibility index (Phi) is 3.21. The second kappa shape index (κ2) is 4.29. The minimum Gasteiger partial charge on any atom is -0.329 e. The fraction of sp³-hybridized carbons (Fsp3) is 0.500. The Hall–Kier alpha value is -0.980. The SMILES string of the molecule is CCS(=O)(=O)[C@H]1[C@H](c2ccc(F)cc2)[C@@]1(N)CN. The lowest BCUT2D eigenvalue weighted by atomic mass is 10.1. The van der Waals surface area contributed by atoms with Crippen LogP contribution in [-0.2, 0) is 9.84 Å². The first-order chi connectivity index (χ1) is 8.36. The van der Waals surface area contributed by atoms with Crippen LogP contribution in [0.3, 0.4) is 0 Å². The van der Waals surface area contributed by atoms with E-state index in [-0.39, 0.29) is 24.0 Å². The van der Waals surface area contributed by atoms with Crippen molar-refractivity contribution < 1.29 is 12.8 Å². The molecule has 0 heterocycles. The van der Waals surface area contributed by atoms with E-state index in [1.165, 1.54) is 12.1 Å². The van der Waals surface area contributed by atoms with E-state index in [1.54, 1.807) is 19.1 Å². The van der Waals surface area contributed by atoms with Crippen molar-refractivity contribution in [1.82, 2.24) is 0 Å². The molecule has 0 aromatic heterocycles. The van der Waals surface area contributed by atoms with Gasteiger partial charge in [0.15, 0.2) is 9.84 Å². The van der Waals surface area contributed by atoms with Gasteiger partial charge in [0.25, 0.3) is 0 Å². The maximum absolute atomic E-state index is 12.9. The average molecular weight is 272 g/mol. The minimum atomic E-state index is -3.25. The van der Waals surface area contributed by atoms with E-state index in [0.29, 0.717) is 0 Å². The van der Waals surface area contributed by atoms with Crippen LogP contribution in [-0.4, -0.2) is 31.5 Å². The summed E-state index contributed by atoms with van der Waals surface area (Å²) in [5, 5.41) is -0.662. The molecule has 1 saturated carbocycles. The van der Waals surface area contributed by atoms with Gasteiger partial charge in [-0.2, -0.15) is 0 Å². The lowest BCUT2D eigenvalue weighted by molar-refractivity contribution is 0.587. The molecule has 0 saturated heterocycles. The molecule has 3 atom stereocenters. The van der Waals surface area contributed by atoms with Gasteiger partial charge in [0.1, 0.15) is 5.82 Å². The molecule has 1 aliphatic rings. The van der Waals surface area contributed by atoms with Gasteiger partial charge in [-0.05, 0) is 17.7 Å². The second-order valence-corrected chi connectivity index (χ2v) is 7.13. The average Bonchev–Trinajstić information content (AvgIpc) is 2.98. The number of benzene rings is 1. The highest BCUT2D eigenvalue weighted by molar-refractivity contribution is 7.92. The third kappa shape index (κ3) is 1.94. The van der Waals surface area contributed by atoms with Gasteiger partial charge in [-0.25, -0.2) is 12.8 Å². The minimum absolute atomic E-state index is 0.0360. The number of rotatable bonds is 4. The first-order valence-electron chi connectivity index (χ1n) is 5.83. The summed E-state index contributed by atoms with van der Waals surface area (Å²) >= 11 is 0. The predicted molar refractivity (Wildman–Crippen MR) is 68.4 cm³/mol. The van der Waals surface area contributed by atoms with Crippen molar-refractivity contribution in [3.8, 4) is 0 Å². The van der Waals surface area contributed by atoms with Crippen molar-refractivity contribution in [2.24, 2.45) is 11.5 Å². The first kappa shape index (κ1) is 13.5. The number of halogens is 1. The van der Waals surface area contributed by atoms with Gasteiger partial charge in [0, 0.05) is 18.2 Å². The molecule has 0 unspecified atom stereocenters. The third-order valence-electron chi connectivity index (χ3n) is 3.67. The number of hydrogen-bond donors (Lipinski definition) is 2. The zero-order valence-electron chi connectivity index (χ0n) is 10.1. The zero-order chi connectivity index (χ0) is 13.6. The van der Waals surface area contributed by atoms with Crippen molar-refractivity contribution >= 4 is 9.84 Å². The summed E-state index contributed by atoms with van der Waals surface area (Å²) < 4.78 is 36.8. The van der Waals surface area contributed by atoms with Crippen LogP contribution < -0.4 is 11.5 Å². The summed E-state index contributed by atoms with van der Waals surface area (Å²) in [5.41, 5.74) is 11.5. The molecule has 6 heteroatoms. The van der Waals surface area contributed by atoms with Crippen LogP contribution >= 0.6 is 0 Å². The van der Waals surface area contributed by atoms with Crippen molar-refractivity contribution in [3.63, 3.8) is 0 Å². The lowest BCUT2D eigenvalue weighted by Gasteiger charge is -2.07. The fourth-order valence-electron chi connectivity index (χ4n) is 2.54. The molecule has 0 bridgehead atoms. The van der Waals surface area contributed by atoms with Crippen molar-refractivity contribution in [3.05, 3.63) is 35.6 Å². The molecule has 0 amide bonds. The summed E-state index contributed by atoms with van der Waals surface area (Å²) in [7, 11) is -3.25. The summed E-state index contributed by atoms with van der Waals surface area (Å²) in [4.78, 5) is 0. The highest BCUT2D eigenvalue weighted by Gasteiger charge is 2.67. The van der Waals surface area contributed by atoms with E-state index < -0.39 is 20.6 Å². The van der Waals surface area contributed by atoms with Crippen LogP contribution in [0.25, 0.3) is 0 Å². The van der Waals surface area contributed by atoms with Crippen LogP contribution in [0.1, 0.15) is 18.4 Å². The molecule has 2 rings (SSSR count). The van der Waals surface area contributed by atoms with Crippen molar-refractivity contribution in [1.29, 1.82) is 0 Å². The van der Waals surface area contributed by atoms with Gasteiger partial charge < -0.3 is 11.5 Å². The Bertz CT molecular complexity index is 544. The summed E-state index contributed by atoms with van der Waals surface area (Å²) in [6.07, 6.45) is 0. The van der Waals surface area contributed by atoms with Crippen LogP contribution in [0.2, 0.25) is 0 Å². The van der Waals surface area contributed by atoms with E-state index in [4.69, 9.17) is 11.5 Å². The number of sulfone groups is 1. The molecular formula is C12H17FN2O2S. The number of nitrogens with two attached hydrogens (primary N) is 2. The molecule has 1 fully saturated rings. The molecule has 1 aliphatic carbocycles. The van der Waals surface area contributed by atoms with Gasteiger partial charge in [0.05, 0.1) is 10.8 Å². The van der Waals surface area contributed by atoms with Gasteiger partial charge in [-0.3, -0.25) is 0 Å². The Labute approximate surface area is 106 Å². The largest absolute Gasteiger partial charge is 0.329 e. The van der Waals surface area contributed by atoms with Crippen LogP contribution in [0, 0.1) is 5.82 Å². The van der Waals surface area contributed by atoms with Gasteiger partial charge >= 0.3 is 0 Å². The highest BCUT2D eigenvalue weighted by atomic mass is 32.2. The molecule has 1 aromatic rings. The topological polar surface area (TPSA) is 86.2 Å². The molecule has 0 spiro atoms. The van der Waals surface area contributed by atoms with E-state index in [1.807, 2.05) is 0 Å². The third-order valence-corrected chi connectivity index (χ3v) is 5.96. The smallest absolute Gasteiger partial charge is 0.155 e. The quantitative estimate of drug-likeness (QED) is 0.830. The van der Waals surface area contributed by atoms with Gasteiger partial charge in [-0.15, -0.1) is 0 Å². The number of hydrogen-bond acceptors (Lipinski definition) is 4. The molecule has 4 nitrogen and oxygen atoms in total. The Morgan fingerprint density at radius 3 is 2.33 bits per heavy atom. The van der Waals surface area contributed by atoms with Crippen LogP contribution in [0.15, 0.2) is 24.3 Å². The normalized spacial score (nSPS) is 31.3. The molecule has 4 N–H and O–H groups in total. The summed E-state index contributed by atoms with van der Waals surface area (Å²) in [6, 6.07) is 5.76. The standard InChI is InChI=1S/C12H17FN2O2S/c1-2-18(16,17)11-10(12(11,15)7-14)8-3-5-9(13)6-4-8/h3-6,10-11H,2,7,14-15H2,1H3/t10-,11-,12-/m0/s1. The second-order valence-electron chi connectivity index (χ2n) is 4.72. The maximum Gasteiger partial charge on any atom is 0.155 e. The summed E-state index contributed by atoms with van der Waals surface area (Å²) in [5.74, 6) is -0.661. The summed E-state index contributed by atoms with van der Waals surface area (Å²) in [6.45, 7) is 1.69. The maximum atomic E-state index is 12.9. The van der Waals surface area contributed by atoms with Crippen molar-refractivity contribution in [2.75, 3.05) is 12.3 Å². The van der Waals surface area contributed by atoms with Gasteiger partial charge in [0.2, 0.25) is 0 Å². The highest BCUT2D eigenvalue weighted by Crippen LogP contribution is 2.53. The first-order valence-corrected chi connectivity index (χ1v) is 7.54. The monoisotopic (exact) mass is 272 g/mol. The van der Waals surface area contributed by atoms with Crippen LogP contribution in [0.5, 0.6) is 0 Å². The van der Waals surface area contributed by atoms with E-state index in [2.05, 4.69) is 0 Å². The van der Waals surface area contributed by atoms with Gasteiger partial charge in [-0.1, -0.05) is 19.1 Å². The Morgan fingerprint density at radius 1 is 1.33 bits per heavy atom. The van der Waals surface area contributed by atoms with Crippen molar-refractivity contribution in [2.45, 2.75) is 23.6 Å². The predicted octanol–water partition coefficient (Wildman–Crippen LogP) is 0.382. The lowest BCUT2D eigenvalue weighted by Crippen LogP contribution is -2.39. The van der Waals surface area contributed by atoms with Crippen LogP contribution in [0.4, 0.5) is 4.39 Å². The molecule has 0 radical (unpaired) electrons. The Balaban J connectivity index is 2.37. The fourth-order valence-corrected chi connectivity index (χ4v) is 4.56. The zero-order valence-corrected chi connectivity index (χ0v) is 11.0. The molecule has 100 valence electrons. The van der Waals surface area contributed by atoms with E-state index >= 15 is 0 Å². The van der Waals surface area contributed by atoms with E-state index in [0.717, 1.165) is 5.56 Å². The van der Waals surface area contributed by atoms with E-state index in [9.17, 15) is 12.8 Å². The Morgan fingerprint density at radius 2 is 1.89 bits per heavy atom. The molecule has 18 heavy (non-hydrogen) atoms. The molecular weight excluding hydrogens is 255 g/mol. The molecule has 1 aromatic carbocycles. The molecule has 0 aliphatic heterocycles.